The number of nitrogens with zero attached hydrogens (tertiary/aromatic N) is 4. The van der Waals surface area contributed by atoms with E-state index in [9.17, 15) is 9.18 Å². The first kappa shape index (κ1) is 22.7. The third kappa shape index (κ3) is 5.35. The summed E-state index contributed by atoms with van der Waals surface area (Å²) in [6, 6.07) is 13.8. The van der Waals surface area contributed by atoms with E-state index >= 15 is 0 Å². The standard InChI is InChI=1S/C24H22FN5O2S2/c25-18-7-3-16(4-8-18)22-28-29-24(30(22)14-20-2-1-12-32-20)34-15-21(31)27-19-9-5-17(6-10-19)23-26-11-13-33-23/h3-11,13,20H,1-2,12,14-15H2,(H,27,31). The Balaban J connectivity index is 1.26. The summed E-state index contributed by atoms with van der Waals surface area (Å²) in [6.07, 6.45) is 3.82. The van der Waals surface area contributed by atoms with E-state index in [1.807, 2.05) is 34.2 Å². The van der Waals surface area contributed by atoms with Gasteiger partial charge in [-0.1, -0.05) is 11.8 Å². The van der Waals surface area contributed by atoms with Crippen LogP contribution in [0.15, 0.2) is 65.3 Å². The summed E-state index contributed by atoms with van der Waals surface area (Å²) < 4.78 is 21.2. The van der Waals surface area contributed by atoms with Crippen molar-refractivity contribution in [3.8, 4) is 22.0 Å². The molecule has 0 saturated carbocycles. The van der Waals surface area contributed by atoms with Crippen molar-refractivity contribution in [2.45, 2.75) is 30.6 Å². The zero-order valence-electron chi connectivity index (χ0n) is 18.2. The molecule has 7 nitrogen and oxygen atoms in total. The lowest BCUT2D eigenvalue weighted by atomic mass is 10.2. The Morgan fingerprint density at radius 3 is 2.65 bits per heavy atom. The number of aromatic nitrogens is 4. The Hall–Kier alpha value is -3.08. The van der Waals surface area contributed by atoms with Gasteiger partial charge in [0, 0.05) is 35.0 Å². The van der Waals surface area contributed by atoms with E-state index in [1.54, 1.807) is 29.7 Å². The van der Waals surface area contributed by atoms with Crippen molar-refractivity contribution in [1.29, 1.82) is 0 Å². The molecule has 0 bridgehead atoms. The zero-order valence-corrected chi connectivity index (χ0v) is 19.8. The number of carbonyl (C=O) groups is 1. The quantitative estimate of drug-likeness (QED) is 0.342. The Labute approximate surface area is 204 Å². The first-order valence-corrected chi connectivity index (χ1v) is 12.8. The molecule has 34 heavy (non-hydrogen) atoms. The number of anilines is 1. The fourth-order valence-electron chi connectivity index (χ4n) is 3.75. The van der Waals surface area contributed by atoms with Crippen LogP contribution in [0, 0.1) is 5.82 Å². The van der Waals surface area contributed by atoms with Gasteiger partial charge in [-0.3, -0.25) is 9.36 Å². The molecule has 0 spiro atoms. The summed E-state index contributed by atoms with van der Waals surface area (Å²) in [5.74, 6) is 0.375. The minimum atomic E-state index is -0.306. The maximum Gasteiger partial charge on any atom is 0.234 e. The molecule has 0 aliphatic carbocycles. The number of amides is 1. The molecule has 1 aliphatic heterocycles. The van der Waals surface area contributed by atoms with Gasteiger partial charge in [-0.05, 0) is 61.4 Å². The van der Waals surface area contributed by atoms with E-state index in [-0.39, 0.29) is 23.6 Å². The molecule has 5 rings (SSSR count). The summed E-state index contributed by atoms with van der Waals surface area (Å²) >= 11 is 2.89. The molecule has 4 aromatic rings. The molecule has 1 aliphatic rings. The van der Waals surface area contributed by atoms with Crippen LogP contribution in [0.3, 0.4) is 0 Å². The van der Waals surface area contributed by atoms with E-state index in [0.29, 0.717) is 17.5 Å². The van der Waals surface area contributed by atoms with E-state index < -0.39 is 0 Å². The first-order chi connectivity index (χ1) is 16.7. The number of hydrogen-bond acceptors (Lipinski definition) is 7. The smallest absolute Gasteiger partial charge is 0.234 e. The fraction of sp³-hybridized carbons (Fsp3) is 0.250. The Morgan fingerprint density at radius 1 is 1.15 bits per heavy atom. The summed E-state index contributed by atoms with van der Waals surface area (Å²) in [5.41, 5.74) is 2.50. The minimum absolute atomic E-state index is 0.0692. The molecular weight excluding hydrogens is 473 g/mol. The van der Waals surface area contributed by atoms with Gasteiger partial charge in [-0.2, -0.15) is 0 Å². The summed E-state index contributed by atoms with van der Waals surface area (Å²) in [7, 11) is 0. The molecule has 1 atom stereocenters. The number of thioether (sulfide) groups is 1. The van der Waals surface area contributed by atoms with Crippen LogP contribution in [0.5, 0.6) is 0 Å². The molecule has 1 fully saturated rings. The Morgan fingerprint density at radius 2 is 1.94 bits per heavy atom. The van der Waals surface area contributed by atoms with Gasteiger partial charge in [0.1, 0.15) is 10.8 Å². The number of benzene rings is 2. The molecule has 0 radical (unpaired) electrons. The lowest BCUT2D eigenvalue weighted by molar-refractivity contribution is -0.113. The number of rotatable bonds is 8. The summed E-state index contributed by atoms with van der Waals surface area (Å²) in [4.78, 5) is 16.9. The van der Waals surface area contributed by atoms with Gasteiger partial charge in [0.25, 0.3) is 0 Å². The highest BCUT2D eigenvalue weighted by Crippen LogP contribution is 2.27. The van der Waals surface area contributed by atoms with Gasteiger partial charge in [-0.25, -0.2) is 9.37 Å². The van der Waals surface area contributed by atoms with Crippen LogP contribution < -0.4 is 5.32 Å². The average Bonchev–Trinajstić information content (AvgIpc) is 3.62. The third-order valence-electron chi connectivity index (χ3n) is 5.41. The second kappa shape index (κ2) is 10.5. The number of carbonyl (C=O) groups excluding carboxylic acids is 1. The molecule has 1 saturated heterocycles. The summed E-state index contributed by atoms with van der Waals surface area (Å²) in [5, 5.41) is 15.1. The number of ether oxygens (including phenoxy) is 1. The van der Waals surface area contributed by atoms with E-state index in [1.165, 1.54) is 23.9 Å². The van der Waals surface area contributed by atoms with Crippen molar-refractivity contribution in [2.75, 3.05) is 17.7 Å². The monoisotopic (exact) mass is 495 g/mol. The molecule has 174 valence electrons. The van der Waals surface area contributed by atoms with Crippen molar-refractivity contribution in [3.63, 3.8) is 0 Å². The van der Waals surface area contributed by atoms with Crippen LogP contribution in [0.25, 0.3) is 22.0 Å². The normalized spacial score (nSPS) is 15.5. The van der Waals surface area contributed by atoms with Crippen LogP contribution in [0.1, 0.15) is 12.8 Å². The molecule has 1 amide bonds. The van der Waals surface area contributed by atoms with Gasteiger partial charge >= 0.3 is 0 Å². The van der Waals surface area contributed by atoms with Crippen LogP contribution >= 0.6 is 23.1 Å². The Bertz CT molecular complexity index is 1240. The summed E-state index contributed by atoms with van der Waals surface area (Å²) in [6.45, 7) is 1.33. The van der Waals surface area contributed by atoms with Gasteiger partial charge < -0.3 is 10.1 Å². The average molecular weight is 496 g/mol. The maximum absolute atomic E-state index is 13.4. The number of nitrogens with one attached hydrogen (secondary N) is 1. The topological polar surface area (TPSA) is 81.9 Å². The second-order valence-corrected chi connectivity index (χ2v) is 9.65. The predicted molar refractivity (Wildman–Crippen MR) is 131 cm³/mol. The lowest BCUT2D eigenvalue weighted by Gasteiger charge is -2.14. The third-order valence-corrected chi connectivity index (χ3v) is 7.20. The highest BCUT2D eigenvalue weighted by atomic mass is 32.2. The van der Waals surface area contributed by atoms with Crippen LogP contribution in [-0.4, -0.2) is 44.1 Å². The van der Waals surface area contributed by atoms with Gasteiger partial charge in [0.15, 0.2) is 11.0 Å². The van der Waals surface area contributed by atoms with Gasteiger partial charge in [0.05, 0.1) is 18.4 Å². The van der Waals surface area contributed by atoms with E-state index in [0.717, 1.165) is 41.3 Å². The molecule has 1 unspecified atom stereocenters. The van der Waals surface area contributed by atoms with Crippen LogP contribution in [-0.2, 0) is 16.1 Å². The molecule has 3 heterocycles. The van der Waals surface area contributed by atoms with Crippen molar-refractivity contribution in [2.24, 2.45) is 0 Å². The molecule has 2 aromatic heterocycles. The van der Waals surface area contributed by atoms with Crippen molar-refractivity contribution in [1.82, 2.24) is 19.7 Å². The highest BCUT2D eigenvalue weighted by Gasteiger charge is 2.22. The zero-order chi connectivity index (χ0) is 23.3. The minimum Gasteiger partial charge on any atom is -0.376 e. The highest BCUT2D eigenvalue weighted by molar-refractivity contribution is 7.99. The van der Waals surface area contributed by atoms with Crippen molar-refractivity contribution < 1.29 is 13.9 Å². The lowest BCUT2D eigenvalue weighted by Crippen LogP contribution is -2.18. The Kier molecular flexibility index (Phi) is 6.98. The maximum atomic E-state index is 13.4. The number of halogens is 1. The fourth-order valence-corrected chi connectivity index (χ4v) is 5.15. The van der Waals surface area contributed by atoms with Crippen molar-refractivity contribution >= 4 is 34.7 Å². The first-order valence-electron chi connectivity index (χ1n) is 10.9. The van der Waals surface area contributed by atoms with Crippen LogP contribution in [0.4, 0.5) is 10.1 Å². The number of hydrogen-bond donors (Lipinski definition) is 1. The molecule has 1 N–H and O–H groups in total. The molecule has 10 heteroatoms. The molecule has 2 aromatic carbocycles. The van der Waals surface area contributed by atoms with Gasteiger partial charge in [-0.15, -0.1) is 21.5 Å². The molecular formula is C24H22FN5O2S2. The van der Waals surface area contributed by atoms with Crippen LogP contribution in [0.2, 0.25) is 0 Å². The predicted octanol–water partition coefficient (Wildman–Crippen LogP) is 5.12. The van der Waals surface area contributed by atoms with Gasteiger partial charge in [0.2, 0.25) is 5.91 Å². The SMILES string of the molecule is O=C(CSc1nnc(-c2ccc(F)cc2)n1CC1CCCO1)Nc1ccc(-c2nccs2)cc1. The largest absolute Gasteiger partial charge is 0.376 e. The van der Waals surface area contributed by atoms with E-state index in [2.05, 4.69) is 20.5 Å². The second-order valence-electron chi connectivity index (χ2n) is 7.81. The van der Waals surface area contributed by atoms with Crippen molar-refractivity contribution in [3.05, 3.63) is 65.9 Å². The number of thiazole rings is 1. The van der Waals surface area contributed by atoms with E-state index in [4.69, 9.17) is 4.74 Å².